The van der Waals surface area contributed by atoms with Gasteiger partial charge in [0.25, 0.3) is 0 Å². The lowest BCUT2D eigenvalue weighted by Crippen LogP contribution is -2.43. The van der Waals surface area contributed by atoms with Crippen molar-refractivity contribution in [2.24, 2.45) is 5.92 Å². The van der Waals surface area contributed by atoms with Crippen LogP contribution in [0.5, 0.6) is 0 Å². The second-order valence-electron chi connectivity index (χ2n) is 8.16. The van der Waals surface area contributed by atoms with Crippen LogP contribution in [0.25, 0.3) is 6.08 Å². The number of halogens is 2. The van der Waals surface area contributed by atoms with E-state index < -0.39 is 0 Å². The average Bonchev–Trinajstić information content (AvgIpc) is 3.00. The highest BCUT2D eigenvalue weighted by Crippen LogP contribution is 2.24. The molecule has 8 heteroatoms. The first-order valence-electron chi connectivity index (χ1n) is 10.6. The first kappa shape index (κ1) is 23.8. The van der Waals surface area contributed by atoms with Crippen LogP contribution in [0, 0.1) is 12.8 Å². The fraction of sp³-hybridized carbons (Fsp3) is 0.478. The van der Waals surface area contributed by atoms with E-state index in [9.17, 15) is 4.79 Å². The van der Waals surface area contributed by atoms with Crippen LogP contribution < -0.4 is 5.32 Å². The van der Waals surface area contributed by atoms with Crippen LogP contribution in [0.4, 0.5) is 0 Å². The van der Waals surface area contributed by atoms with Crippen molar-refractivity contribution < 1.29 is 9.53 Å². The minimum atomic E-state index is -0.167. The maximum atomic E-state index is 12.6. The van der Waals surface area contributed by atoms with E-state index in [0.29, 0.717) is 35.9 Å². The predicted molar refractivity (Wildman–Crippen MR) is 125 cm³/mol. The van der Waals surface area contributed by atoms with Crippen molar-refractivity contribution in [3.05, 3.63) is 57.3 Å². The summed E-state index contributed by atoms with van der Waals surface area (Å²) in [6.45, 7) is 10.4. The second kappa shape index (κ2) is 11.1. The Kier molecular flexibility index (Phi) is 8.55. The molecular weight excluding hydrogens is 435 g/mol. The molecule has 2 aromatic rings. The van der Waals surface area contributed by atoms with Gasteiger partial charge in [-0.1, -0.05) is 49.2 Å². The van der Waals surface area contributed by atoms with E-state index in [2.05, 4.69) is 29.2 Å². The Hall–Kier alpha value is -1.86. The second-order valence-corrected chi connectivity index (χ2v) is 8.95. The molecule has 0 aliphatic carbocycles. The average molecular weight is 465 g/mol. The molecule has 31 heavy (non-hydrogen) atoms. The zero-order chi connectivity index (χ0) is 22.4. The highest BCUT2D eigenvalue weighted by atomic mass is 35.5. The topological polar surface area (TPSA) is 59.4 Å². The summed E-state index contributed by atoms with van der Waals surface area (Å²) in [4.78, 5) is 14.9. The summed E-state index contributed by atoms with van der Waals surface area (Å²) in [5, 5.41) is 8.77. The number of aryl methyl sites for hydroxylation is 1. The standard InChI is InChI=1S/C23H30Cl2N4O2/c1-16(2)15-29-23(25)20(17(3)27-29)8-9-22(30)26-14-21(28-10-12-31-13-11-28)18-4-6-19(24)7-5-18/h4-9,16,21H,10-15H2,1-3H3,(H,26,30)/b9-8+. The van der Waals surface area contributed by atoms with Gasteiger partial charge in [-0.3, -0.25) is 14.4 Å². The van der Waals surface area contributed by atoms with Crippen LogP contribution in [0.1, 0.15) is 36.7 Å². The number of aromatic nitrogens is 2. The molecule has 1 aliphatic heterocycles. The quantitative estimate of drug-likeness (QED) is 0.589. The lowest BCUT2D eigenvalue weighted by molar-refractivity contribution is -0.116. The highest BCUT2D eigenvalue weighted by Gasteiger charge is 2.23. The van der Waals surface area contributed by atoms with Gasteiger partial charge in [0.05, 0.1) is 24.9 Å². The lowest BCUT2D eigenvalue weighted by Gasteiger charge is -2.34. The van der Waals surface area contributed by atoms with Crippen LogP contribution in [-0.4, -0.2) is 53.4 Å². The molecule has 1 aromatic carbocycles. The molecule has 1 aromatic heterocycles. The van der Waals surface area contributed by atoms with Crippen molar-refractivity contribution in [1.29, 1.82) is 0 Å². The van der Waals surface area contributed by atoms with Crippen LogP contribution in [-0.2, 0) is 16.1 Å². The van der Waals surface area contributed by atoms with E-state index in [1.807, 2.05) is 31.2 Å². The molecule has 0 saturated carbocycles. The minimum absolute atomic E-state index is 0.0534. The van der Waals surface area contributed by atoms with Crippen LogP contribution >= 0.6 is 23.2 Å². The van der Waals surface area contributed by atoms with Crippen molar-refractivity contribution in [1.82, 2.24) is 20.0 Å². The molecule has 1 aliphatic rings. The number of hydrogen-bond acceptors (Lipinski definition) is 4. The Balaban J connectivity index is 1.67. The molecule has 6 nitrogen and oxygen atoms in total. The third-order valence-corrected chi connectivity index (χ3v) is 5.91. The number of nitrogens with zero attached hydrogens (tertiary/aromatic N) is 3. The van der Waals surface area contributed by atoms with E-state index >= 15 is 0 Å². The summed E-state index contributed by atoms with van der Waals surface area (Å²) in [6, 6.07) is 7.84. The number of morpholine rings is 1. The number of carbonyl (C=O) groups is 1. The van der Waals surface area contributed by atoms with Gasteiger partial charge >= 0.3 is 0 Å². The molecule has 1 amide bonds. The van der Waals surface area contributed by atoms with Crippen molar-refractivity contribution in [3.8, 4) is 0 Å². The monoisotopic (exact) mass is 464 g/mol. The molecule has 1 saturated heterocycles. The number of rotatable bonds is 8. The summed E-state index contributed by atoms with van der Waals surface area (Å²) in [6.07, 6.45) is 3.26. The fourth-order valence-electron chi connectivity index (χ4n) is 3.67. The Labute approximate surface area is 194 Å². The Bertz CT molecular complexity index is 903. The number of nitrogens with one attached hydrogen (secondary N) is 1. The molecule has 1 N–H and O–H groups in total. The van der Waals surface area contributed by atoms with Crippen molar-refractivity contribution in [2.75, 3.05) is 32.8 Å². The normalized spacial score (nSPS) is 16.2. The number of hydrogen-bond donors (Lipinski definition) is 1. The Morgan fingerprint density at radius 2 is 1.90 bits per heavy atom. The SMILES string of the molecule is Cc1nn(CC(C)C)c(Cl)c1/C=C/C(=O)NCC(c1ccc(Cl)cc1)N1CCOCC1. The van der Waals surface area contributed by atoms with Crippen LogP contribution in [0.15, 0.2) is 30.3 Å². The summed E-state index contributed by atoms with van der Waals surface area (Å²) < 4.78 is 7.27. The van der Waals surface area contributed by atoms with Gasteiger partial charge in [-0.15, -0.1) is 0 Å². The molecule has 1 atom stereocenters. The van der Waals surface area contributed by atoms with Crippen LogP contribution in [0.2, 0.25) is 10.2 Å². The summed E-state index contributed by atoms with van der Waals surface area (Å²) in [7, 11) is 0. The van der Waals surface area contributed by atoms with Gasteiger partial charge in [0.2, 0.25) is 5.91 Å². The maximum absolute atomic E-state index is 12.6. The number of ether oxygens (including phenoxy) is 1. The Morgan fingerprint density at radius 3 is 2.55 bits per heavy atom. The van der Waals surface area contributed by atoms with Crippen molar-refractivity contribution in [3.63, 3.8) is 0 Å². The summed E-state index contributed by atoms with van der Waals surface area (Å²) >= 11 is 12.5. The van der Waals surface area contributed by atoms with Crippen molar-refractivity contribution >= 4 is 35.2 Å². The van der Waals surface area contributed by atoms with Gasteiger partial charge in [0.1, 0.15) is 5.15 Å². The molecule has 1 fully saturated rings. The van der Waals surface area contributed by atoms with Gasteiger partial charge < -0.3 is 10.1 Å². The third-order valence-electron chi connectivity index (χ3n) is 5.26. The van der Waals surface area contributed by atoms with E-state index in [1.54, 1.807) is 10.8 Å². The van der Waals surface area contributed by atoms with Gasteiger partial charge in [0.15, 0.2) is 0 Å². The first-order chi connectivity index (χ1) is 14.8. The molecule has 0 bridgehead atoms. The van der Waals surface area contributed by atoms with Gasteiger partial charge in [-0.05, 0) is 36.6 Å². The van der Waals surface area contributed by atoms with Crippen LogP contribution in [0.3, 0.4) is 0 Å². The Morgan fingerprint density at radius 1 is 1.23 bits per heavy atom. The molecule has 2 heterocycles. The van der Waals surface area contributed by atoms with E-state index in [4.69, 9.17) is 27.9 Å². The molecule has 0 spiro atoms. The zero-order valence-electron chi connectivity index (χ0n) is 18.3. The number of carbonyl (C=O) groups excluding carboxylic acids is 1. The molecule has 0 radical (unpaired) electrons. The largest absolute Gasteiger partial charge is 0.379 e. The molecule has 1 unspecified atom stereocenters. The smallest absolute Gasteiger partial charge is 0.244 e. The van der Waals surface area contributed by atoms with E-state index in [0.717, 1.165) is 36.5 Å². The fourth-order valence-corrected chi connectivity index (χ4v) is 4.10. The molecule has 168 valence electrons. The van der Waals surface area contributed by atoms with Gasteiger partial charge in [-0.2, -0.15) is 5.10 Å². The predicted octanol–water partition coefficient (Wildman–Crippen LogP) is 4.36. The third kappa shape index (κ3) is 6.56. The van der Waals surface area contributed by atoms with Gasteiger partial charge in [-0.25, -0.2) is 0 Å². The minimum Gasteiger partial charge on any atom is -0.379 e. The van der Waals surface area contributed by atoms with E-state index in [1.165, 1.54) is 6.08 Å². The first-order valence-corrected chi connectivity index (χ1v) is 11.4. The molecule has 3 rings (SSSR count). The maximum Gasteiger partial charge on any atom is 0.244 e. The lowest BCUT2D eigenvalue weighted by atomic mass is 10.0. The molecular formula is C23H30Cl2N4O2. The van der Waals surface area contributed by atoms with Crippen molar-refractivity contribution in [2.45, 2.75) is 33.4 Å². The van der Waals surface area contributed by atoms with Gasteiger partial charge in [0, 0.05) is 42.8 Å². The summed E-state index contributed by atoms with van der Waals surface area (Å²) in [5.41, 5.74) is 2.70. The number of amides is 1. The zero-order valence-corrected chi connectivity index (χ0v) is 19.8. The summed E-state index contributed by atoms with van der Waals surface area (Å²) in [5.74, 6) is 0.265. The van der Waals surface area contributed by atoms with E-state index in [-0.39, 0.29) is 11.9 Å². The highest BCUT2D eigenvalue weighted by molar-refractivity contribution is 6.31. The number of benzene rings is 1.